The molecular formula is C17H23N3O4. The van der Waals surface area contributed by atoms with Crippen molar-refractivity contribution < 1.29 is 19.2 Å². The number of nitrogens with zero attached hydrogens (tertiary/aromatic N) is 3. The molecule has 0 saturated carbocycles. The van der Waals surface area contributed by atoms with Crippen LogP contribution < -0.4 is 4.74 Å². The van der Waals surface area contributed by atoms with E-state index in [9.17, 15) is 4.79 Å². The van der Waals surface area contributed by atoms with E-state index >= 15 is 0 Å². The molecule has 1 aromatic heterocycles. The number of hydrogen-bond donors (Lipinski definition) is 1. The van der Waals surface area contributed by atoms with Gasteiger partial charge in [0.05, 0.1) is 19.2 Å². The van der Waals surface area contributed by atoms with E-state index in [0.29, 0.717) is 30.6 Å². The summed E-state index contributed by atoms with van der Waals surface area (Å²) in [7, 11) is 1.57. The molecule has 0 bridgehead atoms. The van der Waals surface area contributed by atoms with Gasteiger partial charge in [-0.1, -0.05) is 25.9 Å². The second-order valence-corrected chi connectivity index (χ2v) is 5.84. The molecule has 0 aliphatic rings. The molecule has 0 saturated heterocycles. The van der Waals surface area contributed by atoms with E-state index < -0.39 is 5.97 Å². The minimum atomic E-state index is -0.958. The zero-order valence-corrected chi connectivity index (χ0v) is 14.4. The van der Waals surface area contributed by atoms with Crippen molar-refractivity contribution in [2.45, 2.75) is 39.8 Å². The van der Waals surface area contributed by atoms with Gasteiger partial charge in [0.15, 0.2) is 5.82 Å². The lowest BCUT2D eigenvalue weighted by molar-refractivity contribution is 0.0696. The van der Waals surface area contributed by atoms with Crippen molar-refractivity contribution in [1.29, 1.82) is 0 Å². The fourth-order valence-electron chi connectivity index (χ4n) is 2.31. The van der Waals surface area contributed by atoms with Crippen LogP contribution in [0.3, 0.4) is 0 Å². The van der Waals surface area contributed by atoms with Gasteiger partial charge >= 0.3 is 5.97 Å². The fourth-order valence-corrected chi connectivity index (χ4v) is 2.31. The van der Waals surface area contributed by atoms with E-state index in [-0.39, 0.29) is 11.5 Å². The molecule has 2 aromatic rings. The summed E-state index contributed by atoms with van der Waals surface area (Å²) in [6.07, 6.45) is 0. The summed E-state index contributed by atoms with van der Waals surface area (Å²) in [6, 6.07) is 4.85. The van der Waals surface area contributed by atoms with E-state index in [1.807, 2.05) is 20.8 Å². The van der Waals surface area contributed by atoms with Gasteiger partial charge in [-0.3, -0.25) is 4.90 Å². The van der Waals surface area contributed by atoms with Gasteiger partial charge in [0.2, 0.25) is 5.89 Å². The molecule has 1 N–H and O–H groups in total. The second kappa shape index (κ2) is 7.92. The van der Waals surface area contributed by atoms with Crippen LogP contribution in [0.25, 0.3) is 0 Å². The molecule has 7 nitrogen and oxygen atoms in total. The van der Waals surface area contributed by atoms with E-state index in [0.717, 1.165) is 12.1 Å². The SMILES string of the molecule is CCN(Cc1nc(C(C)C)no1)Cc1cc(C(=O)O)ccc1OC. The average Bonchev–Trinajstić information content (AvgIpc) is 3.02. The number of carboxylic acids is 1. The van der Waals surface area contributed by atoms with Gasteiger partial charge in [-0.2, -0.15) is 4.98 Å². The fraction of sp³-hybridized carbons (Fsp3) is 0.471. The van der Waals surface area contributed by atoms with Crippen molar-refractivity contribution >= 4 is 5.97 Å². The maximum Gasteiger partial charge on any atom is 0.335 e. The zero-order chi connectivity index (χ0) is 17.7. The van der Waals surface area contributed by atoms with Crippen molar-refractivity contribution in [3.05, 3.63) is 41.0 Å². The molecular weight excluding hydrogens is 310 g/mol. The Hall–Kier alpha value is -2.41. The standard InChI is InChI=1S/C17H23N3O4/c1-5-20(10-15-18-16(11(2)3)19-24-15)9-13-8-12(17(21)22)6-7-14(13)23-4/h6-8,11H,5,9-10H2,1-4H3,(H,21,22). The Morgan fingerprint density at radius 2 is 2.12 bits per heavy atom. The highest BCUT2D eigenvalue weighted by molar-refractivity contribution is 5.88. The Labute approximate surface area is 141 Å². The third kappa shape index (κ3) is 4.32. The minimum absolute atomic E-state index is 0.213. The number of carboxylic acid groups (broad SMARTS) is 1. The van der Waals surface area contributed by atoms with Crippen molar-refractivity contribution in [3.8, 4) is 5.75 Å². The quantitative estimate of drug-likeness (QED) is 0.794. The van der Waals surface area contributed by atoms with Gasteiger partial charge < -0.3 is 14.4 Å². The van der Waals surface area contributed by atoms with Crippen LogP contribution in [0.15, 0.2) is 22.7 Å². The first-order valence-electron chi connectivity index (χ1n) is 7.89. The Kier molecular flexibility index (Phi) is 5.92. The van der Waals surface area contributed by atoms with Gasteiger partial charge in [-0.05, 0) is 24.7 Å². The molecule has 0 aliphatic carbocycles. The van der Waals surface area contributed by atoms with Gasteiger partial charge in [0, 0.05) is 18.0 Å². The first-order valence-corrected chi connectivity index (χ1v) is 7.89. The summed E-state index contributed by atoms with van der Waals surface area (Å²) < 4.78 is 10.6. The van der Waals surface area contributed by atoms with Crippen LogP contribution >= 0.6 is 0 Å². The van der Waals surface area contributed by atoms with Crippen LogP contribution in [0, 0.1) is 0 Å². The third-order valence-corrected chi connectivity index (χ3v) is 3.73. The third-order valence-electron chi connectivity index (χ3n) is 3.73. The highest BCUT2D eigenvalue weighted by Crippen LogP contribution is 2.22. The topological polar surface area (TPSA) is 88.7 Å². The number of ether oxygens (including phenoxy) is 1. The molecule has 0 amide bonds. The smallest absolute Gasteiger partial charge is 0.335 e. The first-order chi connectivity index (χ1) is 11.4. The molecule has 0 aliphatic heterocycles. The number of methoxy groups -OCH3 is 1. The number of aromatic nitrogens is 2. The van der Waals surface area contributed by atoms with E-state index in [1.165, 1.54) is 6.07 Å². The lowest BCUT2D eigenvalue weighted by Gasteiger charge is -2.20. The van der Waals surface area contributed by atoms with Crippen LogP contribution in [0.4, 0.5) is 0 Å². The van der Waals surface area contributed by atoms with Crippen molar-refractivity contribution in [2.24, 2.45) is 0 Å². The molecule has 1 aromatic carbocycles. The van der Waals surface area contributed by atoms with E-state index in [1.54, 1.807) is 19.2 Å². The van der Waals surface area contributed by atoms with Crippen LogP contribution in [0.5, 0.6) is 5.75 Å². The molecule has 0 atom stereocenters. The Morgan fingerprint density at radius 3 is 2.67 bits per heavy atom. The monoisotopic (exact) mass is 333 g/mol. The molecule has 0 unspecified atom stereocenters. The largest absolute Gasteiger partial charge is 0.496 e. The predicted molar refractivity (Wildman–Crippen MR) is 88.1 cm³/mol. The molecule has 24 heavy (non-hydrogen) atoms. The summed E-state index contributed by atoms with van der Waals surface area (Å²) in [5.41, 5.74) is 1.05. The predicted octanol–water partition coefficient (Wildman–Crippen LogP) is 2.92. The Balaban J connectivity index is 2.16. The zero-order valence-electron chi connectivity index (χ0n) is 14.4. The summed E-state index contributed by atoms with van der Waals surface area (Å²) in [4.78, 5) is 17.6. The van der Waals surface area contributed by atoms with Crippen LogP contribution in [-0.4, -0.2) is 39.8 Å². The highest BCUT2D eigenvalue weighted by Gasteiger charge is 2.16. The van der Waals surface area contributed by atoms with Crippen LogP contribution in [0.2, 0.25) is 0 Å². The maximum absolute atomic E-state index is 11.2. The van der Waals surface area contributed by atoms with Gasteiger partial charge in [0.1, 0.15) is 5.75 Å². The number of benzene rings is 1. The van der Waals surface area contributed by atoms with Crippen LogP contribution in [0.1, 0.15) is 54.3 Å². The lowest BCUT2D eigenvalue weighted by Crippen LogP contribution is -2.23. The number of aromatic carboxylic acids is 1. The molecule has 2 rings (SSSR count). The Bertz CT molecular complexity index is 697. The maximum atomic E-state index is 11.2. The summed E-state index contributed by atoms with van der Waals surface area (Å²) >= 11 is 0. The second-order valence-electron chi connectivity index (χ2n) is 5.84. The van der Waals surface area contributed by atoms with Crippen molar-refractivity contribution in [3.63, 3.8) is 0 Å². The van der Waals surface area contributed by atoms with Gasteiger partial charge in [0.25, 0.3) is 0 Å². The molecule has 7 heteroatoms. The number of carbonyl (C=O) groups is 1. The van der Waals surface area contributed by atoms with Gasteiger partial charge in [-0.25, -0.2) is 4.79 Å². The van der Waals surface area contributed by atoms with Crippen molar-refractivity contribution in [2.75, 3.05) is 13.7 Å². The van der Waals surface area contributed by atoms with E-state index in [2.05, 4.69) is 15.0 Å². The molecule has 130 valence electrons. The number of hydrogen-bond acceptors (Lipinski definition) is 6. The molecule has 0 spiro atoms. The van der Waals surface area contributed by atoms with Gasteiger partial charge in [-0.15, -0.1) is 0 Å². The van der Waals surface area contributed by atoms with Crippen LogP contribution in [-0.2, 0) is 13.1 Å². The number of rotatable bonds is 8. The Morgan fingerprint density at radius 1 is 1.38 bits per heavy atom. The van der Waals surface area contributed by atoms with E-state index in [4.69, 9.17) is 14.4 Å². The normalized spacial score (nSPS) is 11.2. The molecule has 0 fully saturated rings. The molecule has 1 heterocycles. The summed E-state index contributed by atoms with van der Waals surface area (Å²) in [5, 5.41) is 13.1. The summed E-state index contributed by atoms with van der Waals surface area (Å²) in [6.45, 7) is 7.81. The highest BCUT2D eigenvalue weighted by atomic mass is 16.5. The van der Waals surface area contributed by atoms with Crippen molar-refractivity contribution in [1.82, 2.24) is 15.0 Å². The minimum Gasteiger partial charge on any atom is -0.496 e. The average molecular weight is 333 g/mol. The molecule has 0 radical (unpaired) electrons. The lowest BCUT2D eigenvalue weighted by atomic mass is 10.1. The summed E-state index contributed by atoms with van der Waals surface area (Å²) in [5.74, 6) is 1.15. The first kappa shape index (κ1) is 17.9.